The third-order valence-corrected chi connectivity index (χ3v) is 1.66. The summed E-state index contributed by atoms with van der Waals surface area (Å²) in [6, 6.07) is 0.464. The zero-order chi connectivity index (χ0) is 8.43. The molecule has 1 unspecified atom stereocenters. The van der Waals surface area contributed by atoms with Crippen molar-refractivity contribution in [1.29, 1.82) is 0 Å². The molecule has 1 aromatic heterocycles. The summed E-state index contributed by atoms with van der Waals surface area (Å²) in [7, 11) is 0. The van der Waals surface area contributed by atoms with E-state index in [0.717, 1.165) is 5.82 Å². The molecule has 1 rings (SSSR count). The van der Waals surface area contributed by atoms with Crippen LogP contribution in [0.15, 0.2) is 12.4 Å². The van der Waals surface area contributed by atoms with Crippen LogP contribution in [0.25, 0.3) is 0 Å². The van der Waals surface area contributed by atoms with E-state index in [1.54, 1.807) is 6.20 Å². The Morgan fingerprint density at radius 3 is 2.45 bits per heavy atom. The summed E-state index contributed by atoms with van der Waals surface area (Å²) in [5, 5.41) is 0. The van der Waals surface area contributed by atoms with Gasteiger partial charge in [-0.3, -0.25) is 0 Å². The number of hydrogen-bond donors (Lipinski definition) is 1. The lowest BCUT2D eigenvalue weighted by Crippen LogP contribution is -2.14. The normalized spacial score (nSPS) is 13.9. The van der Waals surface area contributed by atoms with Crippen LogP contribution in [-0.2, 0) is 0 Å². The highest BCUT2D eigenvalue weighted by Gasteiger charge is 2.08. The van der Waals surface area contributed by atoms with E-state index in [0.29, 0.717) is 6.04 Å². The molecule has 0 saturated carbocycles. The monoisotopic (exact) mass is 153 g/mol. The Kier molecular flexibility index (Phi) is 2.29. The van der Waals surface area contributed by atoms with Gasteiger partial charge in [0, 0.05) is 18.4 Å². The minimum atomic E-state index is 0.0207. The lowest BCUT2D eigenvalue weighted by atomic mass is 10.3. The van der Waals surface area contributed by atoms with Gasteiger partial charge in [0.1, 0.15) is 5.82 Å². The van der Waals surface area contributed by atoms with Crippen LogP contribution in [-0.4, -0.2) is 9.55 Å². The Labute approximate surface area is 67.2 Å². The summed E-state index contributed by atoms with van der Waals surface area (Å²) >= 11 is 0. The van der Waals surface area contributed by atoms with Crippen LogP contribution in [0.4, 0.5) is 0 Å². The van der Waals surface area contributed by atoms with Crippen LogP contribution >= 0.6 is 0 Å². The summed E-state index contributed by atoms with van der Waals surface area (Å²) in [6.45, 7) is 6.18. The zero-order valence-corrected chi connectivity index (χ0v) is 7.28. The molecule has 62 valence electrons. The summed E-state index contributed by atoms with van der Waals surface area (Å²) < 4.78 is 2.09. The van der Waals surface area contributed by atoms with Crippen molar-refractivity contribution < 1.29 is 0 Å². The number of aromatic nitrogens is 2. The molecule has 0 amide bonds. The van der Waals surface area contributed by atoms with Gasteiger partial charge < -0.3 is 10.3 Å². The number of nitrogens with two attached hydrogens (primary N) is 1. The lowest BCUT2D eigenvalue weighted by Gasteiger charge is -2.12. The number of rotatable bonds is 2. The summed E-state index contributed by atoms with van der Waals surface area (Å²) in [6.07, 6.45) is 3.75. The van der Waals surface area contributed by atoms with Crippen LogP contribution in [0.5, 0.6) is 0 Å². The van der Waals surface area contributed by atoms with Crippen LogP contribution in [0, 0.1) is 0 Å². The molecule has 0 aromatic carbocycles. The Morgan fingerprint density at radius 1 is 1.45 bits per heavy atom. The number of nitrogens with zero attached hydrogens (tertiary/aromatic N) is 2. The van der Waals surface area contributed by atoms with Crippen molar-refractivity contribution in [3.63, 3.8) is 0 Å². The molecule has 1 heterocycles. The number of imidazole rings is 1. The highest BCUT2D eigenvalue weighted by molar-refractivity contribution is 4.98. The second-order valence-electron chi connectivity index (χ2n) is 3.08. The molecule has 0 bridgehead atoms. The molecule has 1 atom stereocenters. The van der Waals surface area contributed by atoms with Gasteiger partial charge in [-0.2, -0.15) is 0 Å². The molecule has 1 aromatic rings. The molecule has 0 aliphatic rings. The van der Waals surface area contributed by atoms with E-state index >= 15 is 0 Å². The average molecular weight is 153 g/mol. The van der Waals surface area contributed by atoms with E-state index in [-0.39, 0.29) is 6.04 Å². The van der Waals surface area contributed by atoms with E-state index in [9.17, 15) is 0 Å². The molecule has 0 aliphatic carbocycles. The number of hydrogen-bond acceptors (Lipinski definition) is 2. The first-order valence-electron chi connectivity index (χ1n) is 3.91. The van der Waals surface area contributed by atoms with Crippen LogP contribution in [0.2, 0.25) is 0 Å². The largest absolute Gasteiger partial charge is 0.331 e. The highest BCUT2D eigenvalue weighted by Crippen LogP contribution is 2.12. The van der Waals surface area contributed by atoms with Crippen molar-refractivity contribution >= 4 is 0 Å². The van der Waals surface area contributed by atoms with E-state index in [1.165, 1.54) is 0 Å². The fourth-order valence-electron chi connectivity index (χ4n) is 1.11. The van der Waals surface area contributed by atoms with Gasteiger partial charge in [-0.05, 0) is 20.8 Å². The zero-order valence-electron chi connectivity index (χ0n) is 7.28. The van der Waals surface area contributed by atoms with E-state index < -0.39 is 0 Å². The van der Waals surface area contributed by atoms with E-state index in [1.807, 2.05) is 13.1 Å². The van der Waals surface area contributed by atoms with Gasteiger partial charge >= 0.3 is 0 Å². The van der Waals surface area contributed by atoms with Gasteiger partial charge in [0.05, 0.1) is 6.04 Å². The predicted octanol–water partition coefficient (Wildman–Crippen LogP) is 1.48. The molecule has 2 N–H and O–H groups in total. The van der Waals surface area contributed by atoms with Gasteiger partial charge in [-0.25, -0.2) is 4.98 Å². The fourth-order valence-corrected chi connectivity index (χ4v) is 1.11. The average Bonchev–Trinajstić information content (AvgIpc) is 2.32. The summed E-state index contributed by atoms with van der Waals surface area (Å²) in [5.74, 6) is 0.958. The lowest BCUT2D eigenvalue weighted by molar-refractivity contribution is 0.543. The van der Waals surface area contributed by atoms with Crippen molar-refractivity contribution in [2.75, 3.05) is 0 Å². The van der Waals surface area contributed by atoms with Gasteiger partial charge in [-0.1, -0.05) is 0 Å². The van der Waals surface area contributed by atoms with Gasteiger partial charge in [0.15, 0.2) is 0 Å². The van der Waals surface area contributed by atoms with E-state index in [2.05, 4.69) is 23.4 Å². The standard InChI is InChI=1S/C8H15N3/c1-6(2)11-5-4-10-8(11)7(3)9/h4-7H,9H2,1-3H3. The molecule has 0 radical (unpaired) electrons. The highest BCUT2D eigenvalue weighted by atomic mass is 15.1. The first-order chi connectivity index (χ1) is 5.13. The second-order valence-corrected chi connectivity index (χ2v) is 3.08. The molecular formula is C8H15N3. The van der Waals surface area contributed by atoms with Crippen molar-refractivity contribution in [3.8, 4) is 0 Å². The van der Waals surface area contributed by atoms with Crippen molar-refractivity contribution in [2.24, 2.45) is 5.73 Å². The molecule has 11 heavy (non-hydrogen) atoms. The molecule has 0 spiro atoms. The fraction of sp³-hybridized carbons (Fsp3) is 0.625. The maximum Gasteiger partial charge on any atom is 0.125 e. The Bertz CT molecular complexity index is 202. The third-order valence-electron chi connectivity index (χ3n) is 1.66. The van der Waals surface area contributed by atoms with Gasteiger partial charge in [-0.15, -0.1) is 0 Å². The minimum Gasteiger partial charge on any atom is -0.331 e. The second kappa shape index (κ2) is 3.05. The molecule has 3 nitrogen and oxygen atoms in total. The first kappa shape index (κ1) is 8.27. The van der Waals surface area contributed by atoms with Crippen molar-refractivity contribution in [1.82, 2.24) is 9.55 Å². The molecule has 3 heteroatoms. The Balaban J connectivity index is 2.96. The summed E-state index contributed by atoms with van der Waals surface area (Å²) in [4.78, 5) is 4.17. The van der Waals surface area contributed by atoms with Gasteiger partial charge in [0.25, 0.3) is 0 Å². The maximum absolute atomic E-state index is 5.71. The first-order valence-corrected chi connectivity index (χ1v) is 3.91. The minimum absolute atomic E-state index is 0.0207. The Morgan fingerprint density at radius 2 is 2.09 bits per heavy atom. The quantitative estimate of drug-likeness (QED) is 0.699. The molecule has 0 saturated heterocycles. The van der Waals surface area contributed by atoms with Crippen LogP contribution in [0.3, 0.4) is 0 Å². The maximum atomic E-state index is 5.71. The summed E-state index contributed by atoms with van der Waals surface area (Å²) in [5.41, 5.74) is 5.71. The molecule has 0 fully saturated rings. The van der Waals surface area contributed by atoms with Crippen molar-refractivity contribution in [2.45, 2.75) is 32.9 Å². The van der Waals surface area contributed by atoms with Crippen molar-refractivity contribution in [3.05, 3.63) is 18.2 Å². The smallest absolute Gasteiger partial charge is 0.125 e. The predicted molar refractivity (Wildman–Crippen MR) is 45.2 cm³/mol. The molecular weight excluding hydrogens is 138 g/mol. The van der Waals surface area contributed by atoms with E-state index in [4.69, 9.17) is 5.73 Å². The Hall–Kier alpha value is -0.830. The molecule has 0 aliphatic heterocycles. The van der Waals surface area contributed by atoms with Crippen LogP contribution in [0.1, 0.15) is 38.7 Å². The van der Waals surface area contributed by atoms with Gasteiger partial charge in [0.2, 0.25) is 0 Å². The van der Waals surface area contributed by atoms with Crippen LogP contribution < -0.4 is 5.73 Å². The third kappa shape index (κ3) is 1.60. The topological polar surface area (TPSA) is 43.8 Å². The SMILES string of the molecule is CC(N)c1nccn1C(C)C.